The molecule has 1 amide bonds. The van der Waals surface area contributed by atoms with Gasteiger partial charge < -0.3 is 5.32 Å². The normalized spacial score (nSPS) is 10.7. The van der Waals surface area contributed by atoms with E-state index in [0.29, 0.717) is 24.3 Å². The highest BCUT2D eigenvalue weighted by Gasteiger charge is 2.11. The number of anilines is 1. The summed E-state index contributed by atoms with van der Waals surface area (Å²) in [5, 5.41) is 21.8. The summed E-state index contributed by atoms with van der Waals surface area (Å²) in [4.78, 5) is 22.8. The molecule has 31 heavy (non-hydrogen) atoms. The zero-order valence-electron chi connectivity index (χ0n) is 16.2. The van der Waals surface area contributed by atoms with Crippen LogP contribution in [0.5, 0.6) is 0 Å². The van der Waals surface area contributed by atoms with Crippen molar-refractivity contribution in [3.8, 4) is 0 Å². The molecule has 2 aromatic carbocycles. The van der Waals surface area contributed by atoms with Gasteiger partial charge in [-0.15, -0.1) is 0 Å². The maximum Gasteiger partial charge on any atom is 0.307 e. The Kier molecular flexibility index (Phi) is 5.89. The van der Waals surface area contributed by atoms with E-state index in [4.69, 9.17) is 0 Å². The number of nitrogens with zero attached hydrogens (tertiary/aromatic N) is 5. The number of carbonyl (C=O) groups is 1. The Morgan fingerprint density at radius 2 is 1.52 bits per heavy atom. The molecule has 0 radical (unpaired) electrons. The smallest absolute Gasteiger partial charge is 0.307 e. The number of halogens is 1. The molecule has 156 valence electrons. The van der Waals surface area contributed by atoms with Crippen LogP contribution in [0.1, 0.15) is 21.5 Å². The van der Waals surface area contributed by atoms with E-state index in [0.717, 1.165) is 15.6 Å². The molecule has 9 nitrogen and oxygen atoms in total. The molecule has 0 aliphatic carbocycles. The van der Waals surface area contributed by atoms with Gasteiger partial charge in [-0.2, -0.15) is 10.2 Å². The molecule has 2 heterocycles. The van der Waals surface area contributed by atoms with Crippen LogP contribution in [0.25, 0.3) is 0 Å². The number of hydrogen-bond donors (Lipinski definition) is 1. The van der Waals surface area contributed by atoms with Crippen LogP contribution < -0.4 is 5.32 Å². The summed E-state index contributed by atoms with van der Waals surface area (Å²) in [6, 6.07) is 14.9. The number of nitro groups is 1. The van der Waals surface area contributed by atoms with Crippen molar-refractivity contribution in [2.45, 2.75) is 13.1 Å². The predicted molar refractivity (Wildman–Crippen MR) is 118 cm³/mol. The van der Waals surface area contributed by atoms with Crippen molar-refractivity contribution in [3.05, 3.63) is 105 Å². The number of aromatic nitrogens is 4. The Labute approximate surface area is 185 Å². The van der Waals surface area contributed by atoms with E-state index in [1.807, 2.05) is 24.3 Å². The largest absolute Gasteiger partial charge is 0.319 e. The van der Waals surface area contributed by atoms with Crippen LogP contribution in [0.4, 0.5) is 11.4 Å². The van der Waals surface area contributed by atoms with Crippen molar-refractivity contribution in [2.75, 3.05) is 5.32 Å². The average Bonchev–Trinajstić information content (AvgIpc) is 3.40. The molecule has 0 saturated carbocycles. The number of hydrogen-bond acceptors (Lipinski definition) is 5. The third-order valence-corrected chi connectivity index (χ3v) is 5.07. The Balaban J connectivity index is 1.35. The Morgan fingerprint density at radius 1 is 0.935 bits per heavy atom. The van der Waals surface area contributed by atoms with Crippen molar-refractivity contribution >= 4 is 33.2 Å². The van der Waals surface area contributed by atoms with Crippen LogP contribution >= 0.6 is 15.9 Å². The van der Waals surface area contributed by atoms with Crippen LogP contribution in [0.15, 0.2) is 77.8 Å². The summed E-state index contributed by atoms with van der Waals surface area (Å²) in [6.07, 6.45) is 5.96. The van der Waals surface area contributed by atoms with Crippen molar-refractivity contribution < 1.29 is 9.72 Å². The van der Waals surface area contributed by atoms with E-state index >= 15 is 0 Å². The van der Waals surface area contributed by atoms with E-state index in [9.17, 15) is 14.9 Å². The second kappa shape index (κ2) is 8.92. The van der Waals surface area contributed by atoms with E-state index in [2.05, 4.69) is 31.4 Å². The number of benzene rings is 2. The van der Waals surface area contributed by atoms with Gasteiger partial charge >= 0.3 is 5.69 Å². The standard InChI is InChI=1S/C21H17BrN6O3/c22-18-7-3-16(4-8-18)11-26-13-19(9-23-26)25-21(29)17-5-1-15(2-6-17)12-27-14-20(10-24-27)28(30)31/h1-10,13-14H,11-12H2,(H,25,29). The fraction of sp³-hybridized carbons (Fsp3) is 0.0952. The Bertz CT molecular complexity index is 1210. The quantitative estimate of drug-likeness (QED) is 0.316. The van der Waals surface area contributed by atoms with Gasteiger partial charge in [0.05, 0.1) is 29.9 Å². The Morgan fingerprint density at radius 3 is 2.13 bits per heavy atom. The van der Waals surface area contributed by atoms with Gasteiger partial charge in [-0.3, -0.25) is 24.3 Å². The first-order valence-corrected chi connectivity index (χ1v) is 10.1. The van der Waals surface area contributed by atoms with Crippen LogP contribution in [0.2, 0.25) is 0 Å². The van der Waals surface area contributed by atoms with Crippen LogP contribution in [-0.4, -0.2) is 30.4 Å². The zero-order chi connectivity index (χ0) is 21.8. The first-order valence-electron chi connectivity index (χ1n) is 9.30. The molecular formula is C21H17BrN6O3. The van der Waals surface area contributed by atoms with Gasteiger partial charge in [-0.05, 0) is 35.4 Å². The molecule has 0 spiro atoms. The lowest BCUT2D eigenvalue weighted by molar-refractivity contribution is -0.385. The molecule has 10 heteroatoms. The highest BCUT2D eigenvalue weighted by Crippen LogP contribution is 2.15. The van der Waals surface area contributed by atoms with Crippen molar-refractivity contribution in [3.63, 3.8) is 0 Å². The molecule has 0 atom stereocenters. The van der Waals surface area contributed by atoms with Gasteiger partial charge in [-0.25, -0.2) is 0 Å². The molecular weight excluding hydrogens is 464 g/mol. The highest BCUT2D eigenvalue weighted by atomic mass is 79.9. The maximum absolute atomic E-state index is 12.5. The van der Waals surface area contributed by atoms with E-state index in [1.54, 1.807) is 41.3 Å². The molecule has 2 aromatic heterocycles. The van der Waals surface area contributed by atoms with Gasteiger partial charge in [0.2, 0.25) is 0 Å². The van der Waals surface area contributed by atoms with Crippen molar-refractivity contribution in [2.24, 2.45) is 0 Å². The summed E-state index contributed by atoms with van der Waals surface area (Å²) >= 11 is 3.41. The Hall–Kier alpha value is -3.79. The molecule has 0 unspecified atom stereocenters. The summed E-state index contributed by atoms with van der Waals surface area (Å²) < 4.78 is 4.25. The van der Waals surface area contributed by atoms with Crippen LogP contribution in [-0.2, 0) is 13.1 Å². The van der Waals surface area contributed by atoms with Gasteiger partial charge in [-0.1, -0.05) is 40.2 Å². The fourth-order valence-corrected chi connectivity index (χ4v) is 3.24. The minimum Gasteiger partial charge on any atom is -0.319 e. The topological polar surface area (TPSA) is 108 Å². The zero-order valence-corrected chi connectivity index (χ0v) is 17.8. The van der Waals surface area contributed by atoms with E-state index < -0.39 is 4.92 Å². The number of amides is 1. The number of carbonyl (C=O) groups excluding carboxylic acids is 1. The third-order valence-electron chi connectivity index (χ3n) is 4.54. The van der Waals surface area contributed by atoms with E-state index in [-0.39, 0.29) is 11.6 Å². The lowest BCUT2D eigenvalue weighted by Crippen LogP contribution is -2.11. The summed E-state index contributed by atoms with van der Waals surface area (Å²) in [5.41, 5.74) is 3.02. The lowest BCUT2D eigenvalue weighted by atomic mass is 10.1. The van der Waals surface area contributed by atoms with Gasteiger partial charge in [0.1, 0.15) is 12.4 Å². The molecule has 4 aromatic rings. The van der Waals surface area contributed by atoms with Crippen molar-refractivity contribution in [1.82, 2.24) is 19.6 Å². The lowest BCUT2D eigenvalue weighted by Gasteiger charge is -2.05. The monoisotopic (exact) mass is 480 g/mol. The first kappa shape index (κ1) is 20.5. The summed E-state index contributed by atoms with van der Waals surface area (Å²) in [6.45, 7) is 0.974. The molecule has 4 rings (SSSR count). The third kappa shape index (κ3) is 5.23. The molecule has 1 N–H and O–H groups in total. The van der Waals surface area contributed by atoms with Crippen LogP contribution in [0.3, 0.4) is 0 Å². The van der Waals surface area contributed by atoms with Gasteiger partial charge in [0.25, 0.3) is 5.91 Å². The van der Waals surface area contributed by atoms with Crippen LogP contribution in [0, 0.1) is 10.1 Å². The van der Waals surface area contributed by atoms with Gasteiger partial charge in [0.15, 0.2) is 0 Å². The molecule has 0 fully saturated rings. The second-order valence-corrected chi connectivity index (χ2v) is 7.77. The predicted octanol–water partition coefficient (Wildman–Crippen LogP) is 4.10. The second-order valence-electron chi connectivity index (χ2n) is 6.86. The minimum atomic E-state index is -0.488. The van der Waals surface area contributed by atoms with Gasteiger partial charge in [0, 0.05) is 16.2 Å². The fourth-order valence-electron chi connectivity index (χ4n) is 2.98. The molecule has 0 bridgehead atoms. The highest BCUT2D eigenvalue weighted by molar-refractivity contribution is 9.10. The first-order chi connectivity index (χ1) is 15.0. The number of rotatable bonds is 7. The van der Waals surface area contributed by atoms with E-state index in [1.165, 1.54) is 17.1 Å². The molecule has 0 aliphatic rings. The van der Waals surface area contributed by atoms with Crippen molar-refractivity contribution in [1.29, 1.82) is 0 Å². The summed E-state index contributed by atoms with van der Waals surface area (Å²) in [7, 11) is 0. The molecule has 0 saturated heterocycles. The number of nitrogens with one attached hydrogen (secondary N) is 1. The summed E-state index contributed by atoms with van der Waals surface area (Å²) in [5.74, 6) is -0.246. The minimum absolute atomic E-state index is 0.0586. The molecule has 0 aliphatic heterocycles. The SMILES string of the molecule is O=C(Nc1cnn(Cc2ccc(Br)cc2)c1)c1ccc(Cn2cc([N+](=O)[O-])cn2)cc1. The average molecular weight is 481 g/mol. The maximum atomic E-state index is 12.5.